The number of aryl methyl sites for hydroxylation is 1. The van der Waals surface area contributed by atoms with E-state index in [0.29, 0.717) is 0 Å². The van der Waals surface area contributed by atoms with E-state index >= 15 is 0 Å². The summed E-state index contributed by atoms with van der Waals surface area (Å²) < 4.78 is 23.3. The Morgan fingerprint density at radius 1 is 1.04 bits per heavy atom. The van der Waals surface area contributed by atoms with Gasteiger partial charge in [-0.1, -0.05) is 49.7 Å². The molecule has 0 spiro atoms. The number of unbranched alkanes of at least 4 members (excludes halogenated alkanes) is 1. The standard InChI is InChI=1S/C22H22ClNO2S/c1-3-4-6-16-9-11-21(18(13-16)15-24-2)22-8-5-7-17-14-19(27(23,25)26)10-12-20(17)22/h5,7-15H,3-4,6H2,1-2H3. The predicted molar refractivity (Wildman–Crippen MR) is 115 cm³/mol. The van der Waals surface area contributed by atoms with Gasteiger partial charge < -0.3 is 0 Å². The zero-order chi connectivity index (χ0) is 19.4. The van der Waals surface area contributed by atoms with Gasteiger partial charge in [0.25, 0.3) is 9.05 Å². The monoisotopic (exact) mass is 399 g/mol. The summed E-state index contributed by atoms with van der Waals surface area (Å²) in [6.07, 6.45) is 5.25. The van der Waals surface area contributed by atoms with Crippen molar-refractivity contribution in [3.8, 4) is 11.1 Å². The van der Waals surface area contributed by atoms with Crippen LogP contribution < -0.4 is 0 Å². The summed E-state index contributed by atoms with van der Waals surface area (Å²) in [6.45, 7) is 2.19. The summed E-state index contributed by atoms with van der Waals surface area (Å²) in [5.74, 6) is 0. The van der Waals surface area contributed by atoms with Crippen LogP contribution >= 0.6 is 10.7 Å². The van der Waals surface area contributed by atoms with Gasteiger partial charge in [-0.3, -0.25) is 4.99 Å². The fourth-order valence-electron chi connectivity index (χ4n) is 3.29. The minimum absolute atomic E-state index is 0.110. The van der Waals surface area contributed by atoms with Gasteiger partial charge in [-0.25, -0.2) is 8.42 Å². The van der Waals surface area contributed by atoms with Crippen LogP contribution in [0.15, 0.2) is 64.5 Å². The predicted octanol–water partition coefficient (Wildman–Crippen LogP) is 5.83. The molecule has 5 heteroatoms. The number of hydrogen-bond acceptors (Lipinski definition) is 3. The highest BCUT2D eigenvalue weighted by molar-refractivity contribution is 8.13. The number of hydrogen-bond donors (Lipinski definition) is 0. The van der Waals surface area contributed by atoms with E-state index in [1.165, 1.54) is 5.56 Å². The molecule has 0 heterocycles. The SMILES string of the molecule is CCCCc1ccc(-c2cccc3cc(S(=O)(=O)Cl)ccc23)c(C=NC)c1. The van der Waals surface area contributed by atoms with Crippen molar-refractivity contribution in [3.05, 3.63) is 65.7 Å². The summed E-state index contributed by atoms with van der Waals surface area (Å²) in [7, 11) is 3.51. The molecular weight excluding hydrogens is 378 g/mol. The Labute approximate surface area is 165 Å². The van der Waals surface area contributed by atoms with Crippen molar-refractivity contribution in [2.45, 2.75) is 31.1 Å². The minimum Gasteiger partial charge on any atom is -0.296 e. The van der Waals surface area contributed by atoms with Gasteiger partial charge >= 0.3 is 0 Å². The average molecular weight is 400 g/mol. The molecule has 0 N–H and O–H groups in total. The van der Waals surface area contributed by atoms with E-state index in [4.69, 9.17) is 10.7 Å². The maximum atomic E-state index is 11.6. The van der Waals surface area contributed by atoms with Crippen LogP contribution in [0.2, 0.25) is 0 Å². The molecule has 0 aliphatic carbocycles. The van der Waals surface area contributed by atoms with Crippen LogP contribution in [0.4, 0.5) is 0 Å². The Morgan fingerprint density at radius 2 is 1.85 bits per heavy atom. The van der Waals surface area contributed by atoms with Gasteiger partial charge in [0.2, 0.25) is 0 Å². The molecule has 0 aliphatic rings. The zero-order valence-electron chi connectivity index (χ0n) is 15.4. The van der Waals surface area contributed by atoms with Crippen molar-refractivity contribution < 1.29 is 8.42 Å². The maximum absolute atomic E-state index is 11.6. The third-order valence-electron chi connectivity index (χ3n) is 4.63. The second-order valence-corrected chi connectivity index (χ2v) is 9.10. The van der Waals surface area contributed by atoms with Crippen LogP contribution in [-0.4, -0.2) is 21.7 Å². The Balaban J connectivity index is 2.17. The first-order valence-electron chi connectivity index (χ1n) is 8.97. The number of aliphatic imine (C=N–C) groups is 1. The summed E-state index contributed by atoms with van der Waals surface area (Å²) in [4.78, 5) is 4.33. The molecule has 3 nitrogen and oxygen atoms in total. The molecule has 3 aromatic rings. The quantitative estimate of drug-likeness (QED) is 0.387. The van der Waals surface area contributed by atoms with E-state index < -0.39 is 9.05 Å². The van der Waals surface area contributed by atoms with Crippen molar-refractivity contribution in [1.82, 2.24) is 0 Å². The van der Waals surface area contributed by atoms with Crippen LogP contribution in [0.25, 0.3) is 21.9 Å². The summed E-state index contributed by atoms with van der Waals surface area (Å²) in [6, 6.07) is 17.3. The Kier molecular flexibility index (Phi) is 5.98. The molecule has 0 saturated heterocycles. The summed E-state index contributed by atoms with van der Waals surface area (Å²) in [5.41, 5.74) is 4.48. The van der Waals surface area contributed by atoms with Gasteiger partial charge in [-0.15, -0.1) is 0 Å². The first kappa shape index (κ1) is 19.6. The summed E-state index contributed by atoms with van der Waals surface area (Å²) in [5, 5.41) is 1.82. The van der Waals surface area contributed by atoms with E-state index in [0.717, 1.165) is 46.7 Å². The molecule has 3 aromatic carbocycles. The largest absolute Gasteiger partial charge is 0.296 e. The smallest absolute Gasteiger partial charge is 0.261 e. The lowest BCUT2D eigenvalue weighted by atomic mass is 9.93. The zero-order valence-corrected chi connectivity index (χ0v) is 17.0. The lowest BCUT2D eigenvalue weighted by Crippen LogP contribution is -1.94. The highest BCUT2D eigenvalue weighted by Gasteiger charge is 2.13. The Morgan fingerprint density at radius 3 is 2.56 bits per heavy atom. The number of rotatable bonds is 6. The van der Waals surface area contributed by atoms with Crippen molar-refractivity contribution in [2.75, 3.05) is 7.05 Å². The van der Waals surface area contributed by atoms with E-state index in [9.17, 15) is 8.42 Å². The Hall–Kier alpha value is -2.17. The first-order valence-corrected chi connectivity index (χ1v) is 11.3. The van der Waals surface area contributed by atoms with Gasteiger partial charge in [-0.2, -0.15) is 0 Å². The van der Waals surface area contributed by atoms with Gasteiger partial charge in [0.05, 0.1) is 4.90 Å². The lowest BCUT2D eigenvalue weighted by Gasteiger charge is -2.12. The number of fused-ring (bicyclic) bond motifs is 1. The molecule has 0 radical (unpaired) electrons. The van der Waals surface area contributed by atoms with Crippen LogP contribution in [0.1, 0.15) is 30.9 Å². The molecule has 0 unspecified atom stereocenters. The third kappa shape index (κ3) is 4.40. The van der Waals surface area contributed by atoms with Crippen molar-refractivity contribution in [1.29, 1.82) is 0 Å². The molecule has 0 bridgehead atoms. The highest BCUT2D eigenvalue weighted by Crippen LogP contribution is 2.33. The first-order chi connectivity index (χ1) is 12.9. The lowest BCUT2D eigenvalue weighted by molar-refractivity contribution is 0.609. The fourth-order valence-corrected chi connectivity index (χ4v) is 4.07. The molecule has 0 fully saturated rings. The van der Waals surface area contributed by atoms with Crippen LogP contribution in [0.3, 0.4) is 0 Å². The second-order valence-electron chi connectivity index (χ2n) is 6.54. The van der Waals surface area contributed by atoms with Gasteiger partial charge in [0.1, 0.15) is 0 Å². The number of nitrogens with zero attached hydrogens (tertiary/aromatic N) is 1. The van der Waals surface area contributed by atoms with E-state index in [-0.39, 0.29) is 4.90 Å². The van der Waals surface area contributed by atoms with Gasteiger partial charge in [-0.05, 0) is 58.5 Å². The van der Waals surface area contributed by atoms with Gasteiger partial charge in [0.15, 0.2) is 0 Å². The number of benzene rings is 3. The maximum Gasteiger partial charge on any atom is 0.261 e. The van der Waals surface area contributed by atoms with E-state index in [2.05, 4.69) is 30.1 Å². The Bertz CT molecular complexity index is 1100. The van der Waals surface area contributed by atoms with Crippen molar-refractivity contribution >= 4 is 36.7 Å². The molecule has 0 saturated carbocycles. The van der Waals surface area contributed by atoms with Crippen LogP contribution in [-0.2, 0) is 15.5 Å². The topological polar surface area (TPSA) is 46.5 Å². The molecule has 3 rings (SSSR count). The number of halogens is 1. The van der Waals surface area contributed by atoms with Gasteiger partial charge in [0, 0.05) is 29.5 Å². The molecule has 27 heavy (non-hydrogen) atoms. The highest BCUT2D eigenvalue weighted by atomic mass is 35.7. The third-order valence-corrected chi connectivity index (χ3v) is 5.98. The van der Waals surface area contributed by atoms with E-state index in [1.54, 1.807) is 19.2 Å². The fraction of sp³-hybridized carbons (Fsp3) is 0.227. The van der Waals surface area contributed by atoms with Crippen LogP contribution in [0, 0.1) is 0 Å². The molecule has 140 valence electrons. The molecule has 0 aromatic heterocycles. The summed E-state index contributed by atoms with van der Waals surface area (Å²) >= 11 is 0. The molecular formula is C22H22ClNO2S. The van der Waals surface area contributed by atoms with Crippen molar-refractivity contribution in [2.24, 2.45) is 4.99 Å². The molecule has 0 atom stereocenters. The molecule has 0 amide bonds. The van der Waals surface area contributed by atoms with E-state index in [1.807, 2.05) is 30.5 Å². The molecule has 0 aliphatic heterocycles. The minimum atomic E-state index is -3.75. The van der Waals surface area contributed by atoms with Crippen molar-refractivity contribution in [3.63, 3.8) is 0 Å². The average Bonchev–Trinajstić information content (AvgIpc) is 2.65. The normalized spacial score (nSPS) is 12.1. The second kappa shape index (κ2) is 8.24. The van der Waals surface area contributed by atoms with Crippen LogP contribution in [0.5, 0.6) is 0 Å².